The monoisotopic (exact) mass is 723 g/mol. The average Bonchev–Trinajstić information content (AvgIpc) is 3.47. The van der Waals surface area contributed by atoms with Crippen LogP contribution in [0.15, 0.2) is 54.7 Å². The minimum Gasteiger partial charge on any atom is -0.464 e. The first-order chi connectivity index (χ1) is 25.5. The number of piperazine rings is 1. The Morgan fingerprint density at radius 3 is 2.62 bits per heavy atom. The number of aryl methyl sites for hydroxylation is 1. The molecule has 6 bridgehead atoms. The van der Waals surface area contributed by atoms with Gasteiger partial charge in [0.15, 0.2) is 0 Å². The topological polar surface area (TPSA) is 121 Å². The lowest BCUT2D eigenvalue weighted by atomic mass is 9.84. The number of aliphatic hydroxyl groups is 1. The average molecular weight is 724 g/mol. The molecule has 11 nitrogen and oxygen atoms in total. The third kappa shape index (κ3) is 7.74. The highest BCUT2D eigenvalue weighted by atomic mass is 16.5. The summed E-state index contributed by atoms with van der Waals surface area (Å²) in [6, 6.07) is 16.4. The summed E-state index contributed by atoms with van der Waals surface area (Å²) in [6.45, 7) is 14.1. The summed E-state index contributed by atoms with van der Waals surface area (Å²) >= 11 is 0. The number of aromatic nitrogens is 2. The molecule has 0 saturated carbocycles. The van der Waals surface area contributed by atoms with Crippen molar-refractivity contribution in [1.29, 1.82) is 0 Å². The molecule has 11 heteroatoms. The molecule has 5 atom stereocenters. The second kappa shape index (κ2) is 15.5. The Labute approximate surface area is 314 Å². The van der Waals surface area contributed by atoms with Crippen molar-refractivity contribution in [2.75, 3.05) is 58.4 Å². The number of fused-ring (bicyclic) bond motifs is 6. The van der Waals surface area contributed by atoms with Gasteiger partial charge in [0.25, 0.3) is 0 Å². The number of aliphatic hydroxyl groups excluding tert-OH is 1. The first kappa shape index (κ1) is 37.5. The molecule has 7 rings (SSSR count). The number of likely N-dealkylation sites (N-methyl/N-ethyl adjacent to an activating group) is 1. The maximum absolute atomic E-state index is 13.6. The number of anilines is 1. The Hall–Kier alpha value is -3.84. The zero-order valence-electron chi connectivity index (χ0n) is 32.3. The fourth-order valence-electron chi connectivity index (χ4n) is 8.30. The van der Waals surface area contributed by atoms with Gasteiger partial charge in [0.05, 0.1) is 36.0 Å². The van der Waals surface area contributed by atoms with E-state index in [9.17, 15) is 9.90 Å². The molecule has 5 heterocycles. The summed E-state index contributed by atoms with van der Waals surface area (Å²) in [5.41, 5.74) is 19.3. The molecule has 3 aliphatic rings. The summed E-state index contributed by atoms with van der Waals surface area (Å²) in [6.07, 6.45) is 3.36. The van der Waals surface area contributed by atoms with Gasteiger partial charge in [0.2, 0.25) is 0 Å². The van der Waals surface area contributed by atoms with Gasteiger partial charge in [0, 0.05) is 74.3 Å². The molecule has 2 aromatic carbocycles. The Morgan fingerprint density at radius 1 is 1.09 bits per heavy atom. The zero-order valence-corrected chi connectivity index (χ0v) is 32.3. The molecular formula is C42H57N7O4. The number of esters is 1. The van der Waals surface area contributed by atoms with E-state index in [1.165, 1.54) is 10.9 Å². The minimum absolute atomic E-state index is 0.221. The quantitative estimate of drug-likeness (QED) is 0.239. The van der Waals surface area contributed by atoms with E-state index in [1.54, 1.807) is 12.1 Å². The van der Waals surface area contributed by atoms with Gasteiger partial charge in [-0.15, -0.1) is 0 Å². The number of benzene rings is 2. The smallest absolute Gasteiger partial charge is 0.324 e. The molecule has 2 fully saturated rings. The SMILES string of the molecule is CCn1c(-c2cc(N3CCN(C)CC3)cnc2[C@H](C)OC)c2c3cc(ccc31)-c1cccc(c1)C[C@H](N)C(O)N1CCC[C@H](N1)C(=O)OCC(C)(C)C2. The van der Waals surface area contributed by atoms with Crippen LogP contribution in [0.3, 0.4) is 0 Å². The lowest BCUT2D eigenvalue weighted by Crippen LogP contribution is -2.61. The normalized spacial score (nSPS) is 24.8. The van der Waals surface area contributed by atoms with Crippen LogP contribution < -0.4 is 16.1 Å². The summed E-state index contributed by atoms with van der Waals surface area (Å²) < 4.78 is 14.5. The lowest BCUT2D eigenvalue weighted by Gasteiger charge is -2.38. The highest BCUT2D eigenvalue weighted by Crippen LogP contribution is 2.43. The third-order valence-electron chi connectivity index (χ3n) is 11.4. The maximum Gasteiger partial charge on any atom is 0.324 e. The Balaban J connectivity index is 1.41. The highest BCUT2D eigenvalue weighted by molar-refractivity contribution is 5.95. The number of carbonyl (C=O) groups is 1. The zero-order chi connectivity index (χ0) is 37.4. The van der Waals surface area contributed by atoms with Gasteiger partial charge in [0.1, 0.15) is 12.3 Å². The van der Waals surface area contributed by atoms with E-state index in [-0.39, 0.29) is 18.7 Å². The van der Waals surface area contributed by atoms with E-state index >= 15 is 0 Å². The van der Waals surface area contributed by atoms with Crippen LogP contribution in [-0.2, 0) is 33.7 Å². The first-order valence-corrected chi connectivity index (χ1v) is 19.3. The van der Waals surface area contributed by atoms with E-state index in [4.69, 9.17) is 20.2 Å². The number of nitrogens with one attached hydrogen (secondary N) is 1. The van der Waals surface area contributed by atoms with Gasteiger partial charge >= 0.3 is 5.97 Å². The van der Waals surface area contributed by atoms with Gasteiger partial charge < -0.3 is 34.7 Å². The Kier molecular flexibility index (Phi) is 11.0. The fourth-order valence-corrected chi connectivity index (χ4v) is 8.30. The highest BCUT2D eigenvalue weighted by Gasteiger charge is 2.34. The number of hydrazine groups is 1. The van der Waals surface area contributed by atoms with Gasteiger partial charge in [-0.25, -0.2) is 10.4 Å². The van der Waals surface area contributed by atoms with Crippen molar-refractivity contribution in [2.24, 2.45) is 11.1 Å². The summed E-state index contributed by atoms with van der Waals surface area (Å²) in [5, 5.41) is 14.1. The van der Waals surface area contributed by atoms with Crippen LogP contribution in [0.25, 0.3) is 33.3 Å². The number of nitrogens with zero attached hydrogens (tertiary/aromatic N) is 5. The minimum atomic E-state index is -0.953. The van der Waals surface area contributed by atoms with Crippen molar-refractivity contribution < 1.29 is 19.4 Å². The van der Waals surface area contributed by atoms with E-state index in [0.29, 0.717) is 25.8 Å². The number of nitrogens with two attached hydrogens (primary N) is 1. The second-order valence-electron chi connectivity index (χ2n) is 16.0. The molecule has 0 amide bonds. The molecule has 3 aliphatic heterocycles. The van der Waals surface area contributed by atoms with E-state index in [2.05, 4.69) is 103 Å². The molecule has 4 N–H and O–H groups in total. The van der Waals surface area contributed by atoms with Crippen molar-refractivity contribution in [3.8, 4) is 22.4 Å². The Bertz CT molecular complexity index is 1930. The van der Waals surface area contributed by atoms with E-state index in [0.717, 1.165) is 84.0 Å². The number of rotatable bonds is 5. The second-order valence-corrected chi connectivity index (χ2v) is 16.0. The molecule has 2 unspecified atom stereocenters. The number of hydrogen-bond donors (Lipinski definition) is 3. The van der Waals surface area contributed by atoms with Crippen LogP contribution in [0.2, 0.25) is 0 Å². The number of methoxy groups -OCH3 is 1. The molecule has 0 radical (unpaired) electrons. The third-order valence-corrected chi connectivity index (χ3v) is 11.4. The number of ether oxygens (including phenoxy) is 2. The van der Waals surface area contributed by atoms with Crippen LogP contribution in [0.4, 0.5) is 5.69 Å². The number of pyridine rings is 1. The van der Waals surface area contributed by atoms with Crippen molar-refractivity contribution in [1.82, 2.24) is 24.9 Å². The first-order valence-electron chi connectivity index (χ1n) is 19.3. The predicted octanol–water partition coefficient (Wildman–Crippen LogP) is 5.13. The van der Waals surface area contributed by atoms with Crippen molar-refractivity contribution in [3.63, 3.8) is 0 Å². The molecule has 0 spiro atoms. The number of carbonyl (C=O) groups excluding carboxylic acids is 1. The van der Waals surface area contributed by atoms with E-state index < -0.39 is 23.7 Å². The largest absolute Gasteiger partial charge is 0.464 e. The fraction of sp³-hybridized carbons (Fsp3) is 0.524. The molecule has 53 heavy (non-hydrogen) atoms. The van der Waals surface area contributed by atoms with Crippen molar-refractivity contribution in [3.05, 3.63) is 71.5 Å². The standard InChI is InChI=1S/C42H57N7O4/c1-7-48-37-14-13-30-22-32(37)34(39(48)33-23-31(25-44-38(33)27(2)52-6)47-18-16-46(5)17-19-47)24-42(3,4)26-53-41(51)36-12-9-15-49(45-36)40(50)35(43)21-28-10-8-11-29(30)20-28/h8,10-11,13-14,20,22-23,25,27,35-36,40,45,50H,7,9,12,15-19,21,24,26,43H2,1-6H3/t27-,35-,36-,40?/m0/s1. The van der Waals surface area contributed by atoms with Gasteiger partial charge in [-0.1, -0.05) is 44.2 Å². The van der Waals surface area contributed by atoms with Gasteiger partial charge in [-0.2, -0.15) is 0 Å². The van der Waals surface area contributed by atoms with Crippen LogP contribution in [0.1, 0.15) is 63.5 Å². The van der Waals surface area contributed by atoms with Crippen LogP contribution in [-0.4, -0.2) is 102 Å². The van der Waals surface area contributed by atoms with E-state index in [1.807, 2.05) is 6.20 Å². The molecule has 2 aromatic heterocycles. The van der Waals surface area contributed by atoms with Crippen molar-refractivity contribution in [2.45, 2.75) is 84.3 Å². The van der Waals surface area contributed by atoms with Crippen LogP contribution in [0.5, 0.6) is 0 Å². The number of hydrogen-bond acceptors (Lipinski definition) is 10. The molecular weight excluding hydrogens is 667 g/mol. The molecule has 0 aliphatic carbocycles. The summed E-state index contributed by atoms with van der Waals surface area (Å²) in [7, 11) is 3.92. The van der Waals surface area contributed by atoms with Crippen LogP contribution >= 0.6 is 0 Å². The maximum atomic E-state index is 13.6. The van der Waals surface area contributed by atoms with Crippen molar-refractivity contribution >= 4 is 22.6 Å². The molecule has 4 aromatic rings. The van der Waals surface area contributed by atoms with Gasteiger partial charge in [-0.3, -0.25) is 9.78 Å². The summed E-state index contributed by atoms with van der Waals surface area (Å²) in [4.78, 5) is 23.5. The van der Waals surface area contributed by atoms with Crippen LogP contribution in [0, 0.1) is 5.41 Å². The number of cyclic esters (lactones) is 1. The molecule has 2 saturated heterocycles. The molecule has 284 valence electrons. The lowest BCUT2D eigenvalue weighted by molar-refractivity contribution is -0.156. The van der Waals surface area contributed by atoms with Gasteiger partial charge in [-0.05, 0) is 87.0 Å². The predicted molar refractivity (Wildman–Crippen MR) is 210 cm³/mol. The summed E-state index contributed by atoms with van der Waals surface area (Å²) in [5.74, 6) is -0.309. The Morgan fingerprint density at radius 2 is 1.87 bits per heavy atom.